The first-order chi connectivity index (χ1) is 17.4. The van der Waals surface area contributed by atoms with Crippen LogP contribution < -0.4 is 14.4 Å². The molecule has 13 heteroatoms. The highest BCUT2D eigenvalue weighted by Crippen LogP contribution is 2.37. The summed E-state index contributed by atoms with van der Waals surface area (Å²) in [7, 11) is -4.30. The van der Waals surface area contributed by atoms with Crippen LogP contribution in [0, 0.1) is 6.92 Å². The lowest BCUT2D eigenvalue weighted by molar-refractivity contribution is -0.122. The highest BCUT2D eigenvalue weighted by atomic mass is 35.5. The summed E-state index contributed by atoms with van der Waals surface area (Å²) in [4.78, 5) is 38.8. The largest absolute Gasteiger partial charge is 0.376 e. The fraction of sp³-hybridized carbons (Fsp3) is 0.0417. The van der Waals surface area contributed by atoms with Crippen molar-refractivity contribution in [3.05, 3.63) is 91.4 Å². The van der Waals surface area contributed by atoms with Gasteiger partial charge in [-0.1, -0.05) is 52.5 Å². The van der Waals surface area contributed by atoms with Crippen molar-refractivity contribution in [1.82, 2.24) is 5.32 Å². The van der Waals surface area contributed by atoms with Gasteiger partial charge in [-0.3, -0.25) is 14.9 Å². The molecule has 3 aromatic carbocycles. The molecule has 0 aliphatic carbocycles. The Labute approximate surface area is 231 Å². The fourth-order valence-corrected chi connectivity index (χ4v) is 5.32. The number of barbiturate groups is 1. The van der Waals surface area contributed by atoms with Gasteiger partial charge in [0.05, 0.1) is 15.7 Å². The van der Waals surface area contributed by atoms with Gasteiger partial charge in [0.2, 0.25) is 0 Å². The van der Waals surface area contributed by atoms with Gasteiger partial charge < -0.3 is 4.18 Å². The topological polar surface area (TPSA) is 110 Å². The zero-order valence-corrected chi connectivity index (χ0v) is 22.4. The van der Waals surface area contributed by atoms with Gasteiger partial charge in [0.25, 0.3) is 11.8 Å². The quantitative estimate of drug-likeness (QED) is 0.217. The van der Waals surface area contributed by atoms with Gasteiger partial charge in [-0.05, 0) is 72.7 Å². The van der Waals surface area contributed by atoms with Crippen LogP contribution in [-0.2, 0) is 19.7 Å². The summed E-state index contributed by atoms with van der Waals surface area (Å²) in [6.07, 6.45) is 1.16. The predicted octanol–water partition coefficient (Wildman–Crippen LogP) is 6.04. The van der Waals surface area contributed by atoms with E-state index in [0.29, 0.717) is 15.6 Å². The number of carbonyl (C=O) groups excluding carboxylic acids is 3. The van der Waals surface area contributed by atoms with Crippen molar-refractivity contribution < 1.29 is 27.0 Å². The van der Waals surface area contributed by atoms with Crippen molar-refractivity contribution >= 4 is 86.1 Å². The Bertz CT molecular complexity index is 1580. The zero-order chi connectivity index (χ0) is 27.1. The Balaban J connectivity index is 1.69. The number of nitrogens with zero attached hydrogens (tertiary/aromatic N) is 1. The molecule has 1 N–H and O–H groups in total. The average molecular weight is 600 g/mol. The molecule has 0 saturated carbocycles. The number of hydrogen-bond donors (Lipinski definition) is 1. The van der Waals surface area contributed by atoms with Crippen LogP contribution in [0.4, 0.5) is 10.5 Å². The molecule has 190 valence electrons. The number of benzene rings is 3. The summed E-state index contributed by atoms with van der Waals surface area (Å²) < 4.78 is 30.4. The molecule has 0 atom stereocenters. The minimum Gasteiger partial charge on any atom is -0.376 e. The Hall–Kier alpha value is -3.08. The first-order valence-electron chi connectivity index (χ1n) is 10.2. The molecular weight excluding hydrogens is 586 g/mol. The third-order valence-electron chi connectivity index (χ3n) is 5.21. The second kappa shape index (κ2) is 10.4. The van der Waals surface area contributed by atoms with Crippen LogP contribution in [0.1, 0.15) is 11.1 Å². The molecule has 0 bridgehead atoms. The molecule has 37 heavy (non-hydrogen) atoms. The Morgan fingerprint density at radius 2 is 1.51 bits per heavy atom. The summed E-state index contributed by atoms with van der Waals surface area (Å²) in [6, 6.07) is 11.5. The SMILES string of the molecule is Cc1c(Cl)cccc1N1C(=O)NC(=O)/C(=C\c2cc(Cl)c(OS(=O)(=O)c3ccc(Cl)cc3)c(Cl)c2)C1=O. The molecule has 0 aromatic heterocycles. The van der Waals surface area contributed by atoms with E-state index in [4.69, 9.17) is 50.6 Å². The van der Waals surface area contributed by atoms with Crippen LogP contribution in [0.3, 0.4) is 0 Å². The lowest BCUT2D eigenvalue weighted by Crippen LogP contribution is -2.54. The molecule has 1 heterocycles. The van der Waals surface area contributed by atoms with E-state index in [1.807, 2.05) is 0 Å². The smallest absolute Gasteiger partial charge is 0.339 e. The van der Waals surface area contributed by atoms with E-state index in [0.717, 1.165) is 11.0 Å². The second-order valence-electron chi connectivity index (χ2n) is 7.65. The lowest BCUT2D eigenvalue weighted by Gasteiger charge is -2.27. The number of nitrogens with one attached hydrogen (secondary N) is 1. The van der Waals surface area contributed by atoms with Crippen LogP contribution >= 0.6 is 46.4 Å². The summed E-state index contributed by atoms with van der Waals surface area (Å²) in [6.45, 7) is 1.62. The Kier molecular flexibility index (Phi) is 7.55. The van der Waals surface area contributed by atoms with Crippen molar-refractivity contribution in [1.29, 1.82) is 0 Å². The molecule has 0 radical (unpaired) electrons. The number of carbonyl (C=O) groups is 3. The molecule has 1 fully saturated rings. The van der Waals surface area contributed by atoms with Crippen LogP contribution in [0.15, 0.2) is 65.1 Å². The molecule has 4 rings (SSSR count). The first-order valence-corrected chi connectivity index (χ1v) is 13.2. The van der Waals surface area contributed by atoms with Crippen LogP contribution in [0.5, 0.6) is 5.75 Å². The molecule has 4 amide bonds. The number of halogens is 4. The van der Waals surface area contributed by atoms with Crippen molar-refractivity contribution in [2.75, 3.05) is 4.90 Å². The van der Waals surface area contributed by atoms with Crippen LogP contribution in [0.25, 0.3) is 6.08 Å². The number of hydrogen-bond acceptors (Lipinski definition) is 6. The molecule has 8 nitrogen and oxygen atoms in total. The number of rotatable bonds is 5. The van der Waals surface area contributed by atoms with Crippen LogP contribution in [-0.4, -0.2) is 26.3 Å². The van der Waals surface area contributed by atoms with Gasteiger partial charge in [-0.2, -0.15) is 8.42 Å². The summed E-state index contributed by atoms with van der Waals surface area (Å²) in [5, 5.41) is 2.34. The molecule has 0 unspecified atom stereocenters. The maximum atomic E-state index is 13.2. The number of anilines is 1. The average Bonchev–Trinajstić information content (AvgIpc) is 2.82. The summed E-state index contributed by atoms with van der Waals surface area (Å²) in [5.74, 6) is -2.20. The summed E-state index contributed by atoms with van der Waals surface area (Å²) in [5.41, 5.74) is 0.423. The molecule has 1 aliphatic heterocycles. The highest BCUT2D eigenvalue weighted by Gasteiger charge is 2.37. The van der Waals surface area contributed by atoms with E-state index in [1.54, 1.807) is 19.1 Å². The van der Waals surface area contributed by atoms with Crippen LogP contribution in [0.2, 0.25) is 20.1 Å². The molecule has 1 saturated heterocycles. The molecule has 3 aromatic rings. The normalized spacial score (nSPS) is 15.2. The monoisotopic (exact) mass is 598 g/mol. The van der Waals surface area contributed by atoms with Gasteiger partial charge in [0.1, 0.15) is 10.5 Å². The van der Waals surface area contributed by atoms with Crippen molar-refractivity contribution in [2.45, 2.75) is 11.8 Å². The number of urea groups is 1. The van der Waals surface area contributed by atoms with Gasteiger partial charge in [0.15, 0.2) is 5.75 Å². The Morgan fingerprint density at radius 1 is 0.892 bits per heavy atom. The third kappa shape index (κ3) is 5.46. The van der Waals surface area contributed by atoms with E-state index in [2.05, 4.69) is 5.32 Å². The van der Waals surface area contributed by atoms with Gasteiger partial charge in [0, 0.05) is 10.0 Å². The van der Waals surface area contributed by atoms with E-state index in [-0.39, 0.29) is 31.9 Å². The molecule has 1 aliphatic rings. The predicted molar refractivity (Wildman–Crippen MR) is 141 cm³/mol. The number of imide groups is 2. The first kappa shape index (κ1) is 27.0. The third-order valence-corrected chi connectivity index (χ3v) is 7.67. The van der Waals surface area contributed by atoms with Gasteiger partial charge >= 0.3 is 16.1 Å². The molecular formula is C24H14Cl4N2O6S. The fourth-order valence-electron chi connectivity index (χ4n) is 3.38. The highest BCUT2D eigenvalue weighted by molar-refractivity contribution is 7.87. The van der Waals surface area contributed by atoms with Crippen molar-refractivity contribution in [3.63, 3.8) is 0 Å². The van der Waals surface area contributed by atoms with Crippen molar-refractivity contribution in [3.8, 4) is 5.75 Å². The summed E-state index contributed by atoms with van der Waals surface area (Å²) >= 11 is 24.4. The Morgan fingerprint density at radius 3 is 2.14 bits per heavy atom. The van der Waals surface area contributed by atoms with E-state index < -0.39 is 33.5 Å². The van der Waals surface area contributed by atoms with E-state index in [1.165, 1.54) is 42.5 Å². The van der Waals surface area contributed by atoms with E-state index >= 15 is 0 Å². The number of amides is 4. The second-order valence-corrected chi connectivity index (χ2v) is 10.9. The minimum absolute atomic E-state index is 0.168. The zero-order valence-electron chi connectivity index (χ0n) is 18.6. The lowest BCUT2D eigenvalue weighted by atomic mass is 10.1. The maximum Gasteiger partial charge on any atom is 0.339 e. The maximum absolute atomic E-state index is 13.2. The van der Waals surface area contributed by atoms with Crippen molar-refractivity contribution in [2.24, 2.45) is 0 Å². The minimum atomic E-state index is -4.30. The van der Waals surface area contributed by atoms with Gasteiger partial charge in [-0.15, -0.1) is 0 Å². The van der Waals surface area contributed by atoms with Gasteiger partial charge in [-0.25, -0.2) is 9.69 Å². The molecule has 0 spiro atoms. The van der Waals surface area contributed by atoms with E-state index in [9.17, 15) is 22.8 Å². The standard InChI is InChI=1S/C24H14Cl4N2O6S/c1-12-17(26)3-2-4-20(12)30-23(32)16(22(31)29-24(30)33)9-13-10-18(27)21(19(28)11-13)36-37(34,35)15-7-5-14(25)6-8-15/h2-11H,1H3,(H,29,31,33)/b16-9+.